The summed E-state index contributed by atoms with van der Waals surface area (Å²) in [5.74, 6) is 0. The molecule has 588 valence electrons. The van der Waals surface area contributed by atoms with Gasteiger partial charge in [0.25, 0.3) is 13.4 Å². The van der Waals surface area contributed by atoms with E-state index in [0.29, 0.717) is 0 Å². The van der Waals surface area contributed by atoms with Crippen molar-refractivity contribution in [2.24, 2.45) is 0 Å². The van der Waals surface area contributed by atoms with E-state index < -0.39 is 0 Å². The third kappa shape index (κ3) is 12.2. The Bertz CT molecular complexity index is 7210. The quantitative estimate of drug-likeness (QED) is 0.107. The highest BCUT2D eigenvalue weighted by Gasteiger charge is 2.50. The summed E-state index contributed by atoms with van der Waals surface area (Å²) >= 11 is 0. The standard InChI is InChI=1S/C116H88B2N6/c1-115(2,3)85-60-64-102-96(69-85)97-70-86(116(4,5)6)61-65-103(97)123(102)93-73-109-112-110(74-93)122(91-55-34-46-82(66-91)77-36-16-7-17-37-77)105-68-84(79-40-20-9-21-41-79)59-63-99(105)117(112)100-75-101-107(76-106(100)121(109)90-53-32-15-33-54-90)124(114-94(80-42-22-10-23-43-80)56-35-57-95(114)81-44-24-11-25-45-81)111-72-92(119(87-47-26-12-27-48-87)88-49-28-13-29-50-88)71-108-113(111)118(101)98-62-58-83(78-38-18-8-19-39-78)67-104(98)120(108)89-51-30-14-31-52-89/h7-76H,1-6H3. The van der Waals surface area contributed by atoms with Gasteiger partial charge >= 0.3 is 0 Å². The van der Waals surface area contributed by atoms with Crippen molar-refractivity contribution in [3.63, 3.8) is 0 Å². The van der Waals surface area contributed by atoms with Crippen LogP contribution in [0.25, 0.3) is 83.1 Å². The predicted octanol–water partition coefficient (Wildman–Crippen LogP) is 27.3. The maximum atomic E-state index is 2.72. The molecule has 0 spiro atoms. The Labute approximate surface area is 726 Å². The van der Waals surface area contributed by atoms with Crippen molar-refractivity contribution in [3.05, 3.63) is 436 Å². The fourth-order valence-electron chi connectivity index (χ4n) is 20.3. The van der Waals surface area contributed by atoms with Crippen LogP contribution < -0.4 is 57.3 Å². The molecule has 0 bridgehead atoms. The summed E-state index contributed by atoms with van der Waals surface area (Å²) in [5.41, 5.74) is 40.6. The van der Waals surface area contributed by atoms with Gasteiger partial charge in [-0.05, 0) is 227 Å². The molecule has 5 heterocycles. The molecule has 0 aliphatic carbocycles. The minimum absolute atomic E-state index is 0.104. The van der Waals surface area contributed by atoms with E-state index in [-0.39, 0.29) is 24.3 Å². The first kappa shape index (κ1) is 74.0. The van der Waals surface area contributed by atoms with Crippen molar-refractivity contribution in [2.45, 2.75) is 52.4 Å². The molecule has 0 amide bonds. The number of benzene rings is 18. The zero-order chi connectivity index (χ0) is 83.1. The number of aromatic nitrogens is 1. The Balaban J connectivity index is 0.893. The van der Waals surface area contributed by atoms with Gasteiger partial charge in [-0.25, -0.2) is 0 Å². The SMILES string of the molecule is CC(C)(C)c1ccc2c(c1)c1cc(C(C)(C)C)ccc1n2-c1cc2c3c(c1)N(c1ccccc1)c1cc4c(cc1B3c1ccc(-c3ccccc3)cc1N2c1cccc(-c2ccccc2)c1)B1c2ccc(-c3ccccc3)cc2N(c2ccccc2)c2cc(N(c3ccccc3)c3ccccc3)cc(c21)N4c1c(-c2ccccc2)cccc1-c1ccccc1. The number of hydrogen-bond donors (Lipinski definition) is 0. The van der Waals surface area contributed by atoms with Gasteiger partial charge < -0.3 is 29.1 Å². The lowest BCUT2D eigenvalue weighted by Crippen LogP contribution is -2.65. The third-order valence-electron chi connectivity index (χ3n) is 26.2. The van der Waals surface area contributed by atoms with Gasteiger partial charge in [-0.15, -0.1) is 0 Å². The summed E-state index contributed by atoms with van der Waals surface area (Å²) in [6.45, 7) is 13.4. The molecule has 23 rings (SSSR count). The van der Waals surface area contributed by atoms with Gasteiger partial charge in [-0.1, -0.05) is 339 Å². The van der Waals surface area contributed by atoms with E-state index in [9.17, 15) is 0 Å². The second-order valence-electron chi connectivity index (χ2n) is 35.6. The first-order chi connectivity index (χ1) is 60.8. The number of para-hydroxylation sites is 5. The highest BCUT2D eigenvalue weighted by atomic mass is 15.2. The third-order valence-corrected chi connectivity index (χ3v) is 26.2. The summed E-state index contributed by atoms with van der Waals surface area (Å²) in [7, 11) is 0. The van der Waals surface area contributed by atoms with Gasteiger partial charge in [-0.2, -0.15) is 0 Å². The minimum Gasteiger partial charge on any atom is -0.311 e. The maximum absolute atomic E-state index is 2.72. The molecular weight excluding hydrogens is 1500 g/mol. The Kier molecular flexibility index (Phi) is 17.5. The van der Waals surface area contributed by atoms with Crippen molar-refractivity contribution >= 4 is 153 Å². The van der Waals surface area contributed by atoms with Crippen LogP contribution >= 0.6 is 0 Å². The van der Waals surface area contributed by atoms with Gasteiger partial charge in [-0.3, -0.25) is 0 Å². The Morgan fingerprint density at radius 2 is 0.556 bits per heavy atom. The van der Waals surface area contributed by atoms with Crippen LogP contribution in [0.15, 0.2) is 425 Å². The van der Waals surface area contributed by atoms with Crippen molar-refractivity contribution in [1.29, 1.82) is 0 Å². The fourth-order valence-corrected chi connectivity index (χ4v) is 20.3. The maximum Gasteiger partial charge on any atom is 0.252 e. The summed E-state index contributed by atoms with van der Waals surface area (Å²) in [4.78, 5) is 13.1. The smallest absolute Gasteiger partial charge is 0.252 e. The Morgan fingerprint density at radius 1 is 0.218 bits per heavy atom. The van der Waals surface area contributed by atoms with Crippen LogP contribution in [0.5, 0.6) is 0 Å². The first-order valence-electron chi connectivity index (χ1n) is 43.4. The summed E-state index contributed by atoms with van der Waals surface area (Å²) in [6, 6.07) is 160. The molecule has 4 aliphatic rings. The molecule has 1 aromatic heterocycles. The van der Waals surface area contributed by atoms with Crippen LogP contribution in [0.2, 0.25) is 0 Å². The predicted molar refractivity (Wildman–Crippen MR) is 528 cm³/mol. The zero-order valence-electron chi connectivity index (χ0n) is 70.3. The topological polar surface area (TPSA) is 21.1 Å². The fraction of sp³-hybridized carbons (Fsp3) is 0.0690. The molecule has 0 N–H and O–H groups in total. The molecule has 124 heavy (non-hydrogen) atoms. The van der Waals surface area contributed by atoms with Gasteiger partial charge in [0.2, 0.25) is 0 Å². The molecule has 6 nitrogen and oxygen atoms in total. The van der Waals surface area contributed by atoms with E-state index in [4.69, 9.17) is 0 Å². The van der Waals surface area contributed by atoms with Crippen molar-refractivity contribution in [2.75, 3.05) is 24.5 Å². The lowest BCUT2D eigenvalue weighted by Gasteiger charge is -2.48. The van der Waals surface area contributed by atoms with E-state index >= 15 is 0 Å². The second-order valence-corrected chi connectivity index (χ2v) is 35.6. The first-order valence-corrected chi connectivity index (χ1v) is 43.4. The van der Waals surface area contributed by atoms with E-state index in [1.165, 1.54) is 54.7 Å². The average Bonchev–Trinajstić information content (AvgIpc) is 0.720. The van der Waals surface area contributed by atoms with E-state index in [0.717, 1.165) is 158 Å². The summed E-state index contributed by atoms with van der Waals surface area (Å²) in [5, 5.41) is 2.47. The van der Waals surface area contributed by atoms with Crippen molar-refractivity contribution in [3.8, 4) is 61.3 Å². The minimum atomic E-state index is -0.330. The van der Waals surface area contributed by atoms with Crippen LogP contribution in [0.3, 0.4) is 0 Å². The molecule has 0 atom stereocenters. The Morgan fingerprint density at radius 3 is 0.984 bits per heavy atom. The molecule has 0 saturated carbocycles. The molecular formula is C116H88B2N6. The molecule has 0 unspecified atom stereocenters. The number of nitrogens with zero attached hydrogens (tertiary/aromatic N) is 6. The molecule has 0 radical (unpaired) electrons. The molecule has 4 aliphatic heterocycles. The number of rotatable bonds is 13. The number of fused-ring (bicyclic) bond motifs is 11. The van der Waals surface area contributed by atoms with Crippen LogP contribution in [0.4, 0.5) is 85.3 Å². The summed E-state index contributed by atoms with van der Waals surface area (Å²) < 4.78 is 2.59. The monoisotopic (exact) mass is 1590 g/mol. The van der Waals surface area contributed by atoms with Crippen LogP contribution in [0.1, 0.15) is 52.7 Å². The molecule has 18 aromatic carbocycles. The lowest BCUT2D eigenvalue weighted by molar-refractivity contribution is 0.590. The highest BCUT2D eigenvalue weighted by Crippen LogP contribution is 2.56. The van der Waals surface area contributed by atoms with Crippen molar-refractivity contribution < 1.29 is 0 Å². The van der Waals surface area contributed by atoms with Gasteiger partial charge in [0.1, 0.15) is 0 Å². The van der Waals surface area contributed by atoms with Crippen molar-refractivity contribution in [1.82, 2.24) is 4.57 Å². The van der Waals surface area contributed by atoms with E-state index in [2.05, 4.69) is 495 Å². The Hall–Kier alpha value is -15.1. The molecule has 0 fully saturated rings. The van der Waals surface area contributed by atoms with E-state index in [1.807, 2.05) is 0 Å². The van der Waals surface area contributed by atoms with Gasteiger partial charge in [0.15, 0.2) is 0 Å². The number of anilines is 15. The number of hydrogen-bond acceptors (Lipinski definition) is 5. The lowest BCUT2D eigenvalue weighted by atomic mass is 9.30. The van der Waals surface area contributed by atoms with E-state index in [1.54, 1.807) is 0 Å². The van der Waals surface area contributed by atoms with Crippen LogP contribution in [-0.2, 0) is 10.8 Å². The average molecular weight is 1590 g/mol. The van der Waals surface area contributed by atoms with Crippen LogP contribution in [0, 0.1) is 0 Å². The van der Waals surface area contributed by atoms with Crippen LogP contribution in [-0.4, -0.2) is 18.0 Å². The van der Waals surface area contributed by atoms with Gasteiger partial charge in [0.05, 0.1) is 28.1 Å². The zero-order valence-corrected chi connectivity index (χ0v) is 70.3. The molecule has 0 saturated heterocycles. The molecule has 8 heteroatoms. The second kappa shape index (κ2) is 29.4. The largest absolute Gasteiger partial charge is 0.311 e. The highest BCUT2D eigenvalue weighted by molar-refractivity contribution is 7.03. The normalized spacial score (nSPS) is 13.0. The molecule has 19 aromatic rings. The summed E-state index contributed by atoms with van der Waals surface area (Å²) in [6.07, 6.45) is 0. The van der Waals surface area contributed by atoms with Gasteiger partial charge in [0, 0.05) is 95.8 Å².